The van der Waals surface area contributed by atoms with Crippen molar-refractivity contribution in [2.24, 2.45) is 11.8 Å². The molecule has 27 heavy (non-hydrogen) atoms. The molecule has 2 heterocycles. The van der Waals surface area contributed by atoms with Crippen LogP contribution in [-0.2, 0) is 15.1 Å². The van der Waals surface area contributed by atoms with Crippen LogP contribution in [0.1, 0.15) is 75.8 Å². The van der Waals surface area contributed by atoms with Crippen LogP contribution in [0.5, 0.6) is 0 Å². The summed E-state index contributed by atoms with van der Waals surface area (Å²) in [5.74, 6) is 0.693. The summed E-state index contributed by atoms with van der Waals surface area (Å²) in [4.78, 5) is 24.3. The van der Waals surface area contributed by atoms with Crippen molar-refractivity contribution in [2.75, 3.05) is 6.54 Å². The number of carbonyl (C=O) groups excluding carboxylic acids is 2. The monoisotopic (exact) mass is 369 g/mol. The molecule has 1 amide bonds. The summed E-state index contributed by atoms with van der Waals surface area (Å²) in [6.45, 7) is 0.458. The zero-order valence-corrected chi connectivity index (χ0v) is 15.7. The first-order chi connectivity index (χ1) is 13.1. The maximum Gasteiger partial charge on any atom is 0.220 e. The number of nitriles is 1. The fourth-order valence-corrected chi connectivity index (χ4v) is 4.61. The molecule has 1 unspecified atom stereocenters. The fourth-order valence-electron chi connectivity index (χ4n) is 4.61. The maximum atomic E-state index is 12.9. The van der Waals surface area contributed by atoms with Gasteiger partial charge in [-0.1, -0.05) is 24.5 Å². The van der Waals surface area contributed by atoms with E-state index in [9.17, 15) is 14.9 Å². The van der Waals surface area contributed by atoms with E-state index in [2.05, 4.69) is 21.7 Å². The standard InChI is InChI=1S/C20H27N5O2/c21-13-20(8-9-20)25-12-17(23-24-25)16(14-4-2-1-3-5-14)10-18(26)15-6-7-19(27)22-11-15/h12,14-16H,1-11H2,(H,22,27)/t15?,16-/m0/s1. The number of piperidine rings is 1. The SMILES string of the molecule is N#CC1(n2cc([C@@H](CC(=O)C3CCC(=O)NC3)C3CCCCC3)nn2)CC1. The van der Waals surface area contributed by atoms with E-state index in [-0.39, 0.29) is 23.5 Å². The first kappa shape index (κ1) is 18.1. The second-order valence-corrected chi connectivity index (χ2v) is 8.45. The van der Waals surface area contributed by atoms with Gasteiger partial charge >= 0.3 is 0 Å². The van der Waals surface area contributed by atoms with Crippen molar-refractivity contribution in [2.45, 2.75) is 75.7 Å². The van der Waals surface area contributed by atoms with Crippen molar-refractivity contribution >= 4 is 11.7 Å². The highest BCUT2D eigenvalue weighted by molar-refractivity contribution is 5.85. The van der Waals surface area contributed by atoms with Crippen LogP contribution >= 0.6 is 0 Å². The molecule has 1 aromatic rings. The minimum absolute atomic E-state index is 0.0389. The highest BCUT2D eigenvalue weighted by Crippen LogP contribution is 2.43. The largest absolute Gasteiger partial charge is 0.355 e. The summed E-state index contributed by atoms with van der Waals surface area (Å²) in [5.41, 5.74) is 0.344. The van der Waals surface area contributed by atoms with Gasteiger partial charge in [-0.3, -0.25) is 9.59 Å². The summed E-state index contributed by atoms with van der Waals surface area (Å²) in [5, 5.41) is 20.9. The Bertz CT molecular complexity index is 745. The van der Waals surface area contributed by atoms with Crippen LogP contribution in [0.15, 0.2) is 6.20 Å². The minimum atomic E-state index is -0.514. The Labute approximate surface area is 159 Å². The lowest BCUT2D eigenvalue weighted by Gasteiger charge is -2.30. The Morgan fingerprint density at radius 2 is 2.11 bits per heavy atom. The van der Waals surface area contributed by atoms with Crippen LogP contribution in [0, 0.1) is 23.2 Å². The second-order valence-electron chi connectivity index (χ2n) is 8.45. The van der Waals surface area contributed by atoms with Crippen molar-refractivity contribution in [1.29, 1.82) is 5.26 Å². The molecule has 3 aliphatic rings. The molecule has 1 saturated heterocycles. The van der Waals surface area contributed by atoms with Crippen LogP contribution in [0.3, 0.4) is 0 Å². The van der Waals surface area contributed by atoms with Crippen molar-refractivity contribution in [3.8, 4) is 6.07 Å². The number of ketones is 1. The van der Waals surface area contributed by atoms with Crippen LogP contribution in [-0.4, -0.2) is 33.2 Å². The van der Waals surface area contributed by atoms with E-state index in [0.717, 1.165) is 31.4 Å². The van der Waals surface area contributed by atoms with E-state index >= 15 is 0 Å². The maximum absolute atomic E-state index is 12.9. The Balaban J connectivity index is 1.51. The molecule has 2 atom stereocenters. The van der Waals surface area contributed by atoms with Gasteiger partial charge in [0.15, 0.2) is 5.54 Å². The summed E-state index contributed by atoms with van der Waals surface area (Å²) in [7, 11) is 0. The van der Waals surface area contributed by atoms with Crippen LogP contribution in [0.2, 0.25) is 0 Å². The lowest BCUT2D eigenvalue weighted by atomic mass is 9.75. The number of hydrogen-bond acceptors (Lipinski definition) is 5. The number of amides is 1. The molecule has 3 fully saturated rings. The number of Topliss-reactive ketones (excluding diaryl/α,β-unsaturated/α-hetero) is 1. The number of carbonyl (C=O) groups is 2. The smallest absolute Gasteiger partial charge is 0.220 e. The quantitative estimate of drug-likeness (QED) is 0.830. The molecule has 0 radical (unpaired) electrons. The van der Waals surface area contributed by atoms with Gasteiger partial charge in [-0.05, 0) is 38.0 Å². The molecule has 0 spiro atoms. The molecule has 2 saturated carbocycles. The normalized spacial score (nSPS) is 26.0. The van der Waals surface area contributed by atoms with Gasteiger partial charge in [0.1, 0.15) is 5.78 Å². The Hall–Kier alpha value is -2.23. The second kappa shape index (κ2) is 7.41. The summed E-state index contributed by atoms with van der Waals surface area (Å²) >= 11 is 0. The number of rotatable bonds is 6. The zero-order chi connectivity index (χ0) is 18.9. The average molecular weight is 369 g/mol. The van der Waals surface area contributed by atoms with E-state index in [1.165, 1.54) is 19.3 Å². The average Bonchev–Trinajstić information content (AvgIpc) is 3.36. The number of hydrogen-bond donors (Lipinski definition) is 1. The van der Waals surface area contributed by atoms with Crippen molar-refractivity contribution in [3.05, 3.63) is 11.9 Å². The van der Waals surface area contributed by atoms with Gasteiger partial charge in [-0.15, -0.1) is 5.10 Å². The third-order valence-electron chi connectivity index (χ3n) is 6.62. The van der Waals surface area contributed by atoms with Crippen molar-refractivity contribution in [1.82, 2.24) is 20.3 Å². The van der Waals surface area contributed by atoms with Crippen LogP contribution in [0.4, 0.5) is 0 Å². The van der Waals surface area contributed by atoms with E-state index in [1.54, 1.807) is 4.68 Å². The number of nitrogens with one attached hydrogen (secondary N) is 1. The molecule has 7 heteroatoms. The lowest BCUT2D eigenvalue weighted by molar-refractivity contribution is -0.128. The summed E-state index contributed by atoms with van der Waals surface area (Å²) < 4.78 is 1.71. The highest BCUT2D eigenvalue weighted by Gasteiger charge is 2.47. The van der Waals surface area contributed by atoms with E-state index in [1.807, 2.05) is 6.20 Å². The molecule has 2 aliphatic carbocycles. The van der Waals surface area contributed by atoms with Gasteiger partial charge in [-0.25, -0.2) is 4.68 Å². The molecule has 0 bridgehead atoms. The molecule has 144 valence electrons. The highest BCUT2D eigenvalue weighted by atomic mass is 16.2. The molecule has 0 aromatic carbocycles. The van der Waals surface area contributed by atoms with Crippen molar-refractivity contribution < 1.29 is 9.59 Å². The molecule has 1 aromatic heterocycles. The molecular formula is C20H27N5O2. The molecule has 7 nitrogen and oxygen atoms in total. The molecule has 1 N–H and O–H groups in total. The Morgan fingerprint density at radius 1 is 1.33 bits per heavy atom. The van der Waals surface area contributed by atoms with E-state index in [4.69, 9.17) is 0 Å². The van der Waals surface area contributed by atoms with Crippen LogP contribution < -0.4 is 5.32 Å². The Kier molecular flexibility index (Phi) is 4.98. The van der Waals surface area contributed by atoms with Gasteiger partial charge in [0.25, 0.3) is 0 Å². The lowest BCUT2D eigenvalue weighted by Crippen LogP contribution is -2.39. The third kappa shape index (κ3) is 3.76. The van der Waals surface area contributed by atoms with E-state index in [0.29, 0.717) is 31.7 Å². The summed E-state index contributed by atoms with van der Waals surface area (Å²) in [6, 6.07) is 2.35. The van der Waals surface area contributed by atoms with Crippen LogP contribution in [0.25, 0.3) is 0 Å². The van der Waals surface area contributed by atoms with Gasteiger partial charge in [-0.2, -0.15) is 5.26 Å². The molecule has 1 aliphatic heterocycles. The van der Waals surface area contributed by atoms with E-state index < -0.39 is 5.54 Å². The van der Waals surface area contributed by atoms with Gasteiger partial charge in [0, 0.05) is 31.2 Å². The van der Waals surface area contributed by atoms with Gasteiger partial charge < -0.3 is 5.32 Å². The minimum Gasteiger partial charge on any atom is -0.355 e. The summed E-state index contributed by atoms with van der Waals surface area (Å²) in [6.07, 6.45) is 11.0. The number of aromatic nitrogens is 3. The molecule has 4 rings (SSSR count). The zero-order valence-electron chi connectivity index (χ0n) is 15.7. The van der Waals surface area contributed by atoms with Crippen molar-refractivity contribution in [3.63, 3.8) is 0 Å². The first-order valence-electron chi connectivity index (χ1n) is 10.2. The fraction of sp³-hybridized carbons (Fsp3) is 0.750. The van der Waals surface area contributed by atoms with Gasteiger partial charge in [0.05, 0.1) is 18.0 Å². The third-order valence-corrected chi connectivity index (χ3v) is 6.62. The predicted octanol–water partition coefficient (Wildman–Crippen LogP) is 2.44. The topological polar surface area (TPSA) is 101 Å². The Morgan fingerprint density at radius 3 is 2.74 bits per heavy atom. The predicted molar refractivity (Wildman–Crippen MR) is 97.5 cm³/mol. The molecular weight excluding hydrogens is 342 g/mol. The first-order valence-corrected chi connectivity index (χ1v) is 10.2. The number of nitrogens with zero attached hydrogens (tertiary/aromatic N) is 4. The van der Waals surface area contributed by atoms with Gasteiger partial charge in [0.2, 0.25) is 5.91 Å².